The Morgan fingerprint density at radius 1 is 1.33 bits per heavy atom. The van der Waals surface area contributed by atoms with Crippen molar-refractivity contribution >= 4 is 0 Å². The van der Waals surface area contributed by atoms with Crippen molar-refractivity contribution in [2.75, 3.05) is 32.7 Å². The lowest BCUT2D eigenvalue weighted by Gasteiger charge is -2.26. The van der Waals surface area contributed by atoms with Crippen LogP contribution >= 0.6 is 0 Å². The Hall–Kier alpha value is -1.13. The highest BCUT2D eigenvalue weighted by Crippen LogP contribution is 1.99. The molecule has 0 spiro atoms. The summed E-state index contributed by atoms with van der Waals surface area (Å²) in [7, 11) is 0. The first-order valence-corrected chi connectivity index (χ1v) is 5.45. The molecular weight excluding hydrogens is 190 g/mol. The zero-order valence-corrected chi connectivity index (χ0v) is 8.83. The topological polar surface area (TPSA) is 48.1 Å². The zero-order valence-electron chi connectivity index (χ0n) is 8.83. The molecule has 0 unspecified atom stereocenters. The van der Waals surface area contributed by atoms with E-state index in [-0.39, 0.29) is 5.56 Å². The van der Waals surface area contributed by atoms with Crippen molar-refractivity contribution in [1.82, 2.24) is 15.2 Å². The van der Waals surface area contributed by atoms with Crippen LogP contribution in [0.2, 0.25) is 0 Å². The van der Waals surface area contributed by atoms with Crippen LogP contribution in [0.15, 0.2) is 23.1 Å². The van der Waals surface area contributed by atoms with Crippen LogP contribution in [0.4, 0.5) is 0 Å². The summed E-state index contributed by atoms with van der Waals surface area (Å²) in [6.07, 6.45) is 2.68. The first-order valence-electron chi connectivity index (χ1n) is 5.45. The molecule has 1 saturated heterocycles. The zero-order chi connectivity index (χ0) is 10.5. The molecule has 1 aliphatic rings. The van der Waals surface area contributed by atoms with Gasteiger partial charge in [-0.2, -0.15) is 0 Å². The highest BCUT2D eigenvalue weighted by molar-refractivity contribution is 5.10. The fourth-order valence-corrected chi connectivity index (χ4v) is 1.87. The van der Waals surface area contributed by atoms with Crippen LogP contribution in [-0.2, 0) is 6.42 Å². The minimum absolute atomic E-state index is 0.00666. The average Bonchev–Trinajstić information content (AvgIpc) is 2.28. The molecule has 1 aliphatic heterocycles. The van der Waals surface area contributed by atoms with E-state index in [1.165, 1.54) is 0 Å². The number of nitrogens with one attached hydrogen (secondary N) is 2. The summed E-state index contributed by atoms with van der Waals surface area (Å²) >= 11 is 0. The third-order valence-corrected chi connectivity index (χ3v) is 2.77. The molecule has 2 rings (SSSR count). The first kappa shape index (κ1) is 10.4. The van der Waals surface area contributed by atoms with Gasteiger partial charge in [0.25, 0.3) is 0 Å². The van der Waals surface area contributed by atoms with Crippen molar-refractivity contribution in [3.8, 4) is 0 Å². The van der Waals surface area contributed by atoms with Gasteiger partial charge in [-0.3, -0.25) is 4.79 Å². The van der Waals surface area contributed by atoms with Crippen LogP contribution in [0.1, 0.15) is 5.56 Å². The van der Waals surface area contributed by atoms with Crippen LogP contribution in [-0.4, -0.2) is 42.6 Å². The van der Waals surface area contributed by atoms with Crippen molar-refractivity contribution in [2.24, 2.45) is 0 Å². The number of H-pyrrole nitrogens is 1. The molecule has 0 aliphatic carbocycles. The Kier molecular flexibility index (Phi) is 3.53. The molecule has 1 fully saturated rings. The van der Waals surface area contributed by atoms with Crippen molar-refractivity contribution in [3.05, 3.63) is 34.2 Å². The monoisotopic (exact) mass is 207 g/mol. The molecule has 1 aromatic heterocycles. The summed E-state index contributed by atoms with van der Waals surface area (Å²) in [5.74, 6) is 0. The van der Waals surface area contributed by atoms with Gasteiger partial charge in [0.15, 0.2) is 0 Å². The maximum absolute atomic E-state index is 11.1. The largest absolute Gasteiger partial charge is 0.329 e. The van der Waals surface area contributed by atoms with Gasteiger partial charge in [-0.1, -0.05) is 0 Å². The second kappa shape index (κ2) is 5.09. The van der Waals surface area contributed by atoms with Crippen molar-refractivity contribution in [2.45, 2.75) is 6.42 Å². The molecular formula is C11H17N3O. The second-order valence-corrected chi connectivity index (χ2v) is 3.90. The predicted octanol–water partition coefficient (Wildman–Crippen LogP) is -0.177. The van der Waals surface area contributed by atoms with Crippen LogP contribution < -0.4 is 10.9 Å². The van der Waals surface area contributed by atoms with Crippen molar-refractivity contribution in [1.29, 1.82) is 0 Å². The molecule has 2 heterocycles. The quantitative estimate of drug-likeness (QED) is 0.723. The maximum atomic E-state index is 11.1. The molecule has 2 N–H and O–H groups in total. The summed E-state index contributed by atoms with van der Waals surface area (Å²) < 4.78 is 0. The molecule has 82 valence electrons. The Bertz CT molecular complexity index is 355. The number of nitrogens with zero attached hydrogens (tertiary/aromatic N) is 1. The summed E-state index contributed by atoms with van der Waals surface area (Å²) in [5.41, 5.74) is 1.12. The molecule has 0 saturated carbocycles. The van der Waals surface area contributed by atoms with Crippen LogP contribution in [0.5, 0.6) is 0 Å². The SMILES string of the molecule is O=c1cc(CCN2CCNCC2)cc[nH]1. The molecule has 15 heavy (non-hydrogen) atoms. The van der Waals surface area contributed by atoms with Crippen LogP contribution in [0.25, 0.3) is 0 Å². The van der Waals surface area contributed by atoms with Gasteiger partial charge >= 0.3 is 0 Å². The van der Waals surface area contributed by atoms with Gasteiger partial charge in [-0.25, -0.2) is 0 Å². The first-order chi connectivity index (χ1) is 7.34. The fraction of sp³-hybridized carbons (Fsp3) is 0.545. The predicted molar refractivity (Wildman–Crippen MR) is 60.1 cm³/mol. The highest BCUT2D eigenvalue weighted by Gasteiger charge is 2.08. The number of piperazine rings is 1. The standard InChI is InChI=1S/C11H17N3O/c15-11-9-10(1-3-13-11)2-6-14-7-4-12-5-8-14/h1,3,9,12H,2,4-8H2,(H,13,15). The van der Waals surface area contributed by atoms with Crippen molar-refractivity contribution in [3.63, 3.8) is 0 Å². The van der Waals surface area contributed by atoms with Crippen LogP contribution in [0.3, 0.4) is 0 Å². The van der Waals surface area contributed by atoms with Gasteiger partial charge in [0.05, 0.1) is 0 Å². The van der Waals surface area contributed by atoms with Gasteiger partial charge in [-0.05, 0) is 18.1 Å². The smallest absolute Gasteiger partial charge is 0.248 e. The maximum Gasteiger partial charge on any atom is 0.248 e. The van der Waals surface area contributed by atoms with Crippen LogP contribution in [0, 0.1) is 0 Å². The lowest BCUT2D eigenvalue weighted by atomic mass is 10.2. The summed E-state index contributed by atoms with van der Waals surface area (Å²) in [5, 5.41) is 3.33. The number of hydrogen-bond donors (Lipinski definition) is 2. The molecule has 0 amide bonds. The second-order valence-electron chi connectivity index (χ2n) is 3.90. The Morgan fingerprint density at radius 2 is 2.13 bits per heavy atom. The van der Waals surface area contributed by atoms with E-state index in [1.807, 2.05) is 6.07 Å². The number of hydrogen-bond acceptors (Lipinski definition) is 3. The van der Waals surface area contributed by atoms with Gasteiger partial charge in [-0.15, -0.1) is 0 Å². The average molecular weight is 207 g/mol. The van der Waals surface area contributed by atoms with E-state index < -0.39 is 0 Å². The fourth-order valence-electron chi connectivity index (χ4n) is 1.87. The summed E-state index contributed by atoms with van der Waals surface area (Å²) in [6.45, 7) is 5.43. The van der Waals surface area contributed by atoms with Gasteiger partial charge < -0.3 is 15.2 Å². The third kappa shape index (κ3) is 3.18. The van der Waals surface area contributed by atoms with Gasteiger partial charge in [0, 0.05) is 45.0 Å². The summed E-state index contributed by atoms with van der Waals surface area (Å²) in [6, 6.07) is 3.66. The molecule has 0 radical (unpaired) electrons. The van der Waals surface area contributed by atoms with E-state index in [4.69, 9.17) is 0 Å². The number of pyridine rings is 1. The third-order valence-electron chi connectivity index (χ3n) is 2.77. The lowest BCUT2D eigenvalue weighted by molar-refractivity contribution is 0.244. The van der Waals surface area contributed by atoms with E-state index >= 15 is 0 Å². The van der Waals surface area contributed by atoms with Gasteiger partial charge in [0.2, 0.25) is 5.56 Å². The van der Waals surface area contributed by atoms with E-state index in [0.29, 0.717) is 0 Å². The Balaban J connectivity index is 1.84. The molecule has 4 heteroatoms. The van der Waals surface area contributed by atoms with E-state index in [0.717, 1.165) is 44.7 Å². The Morgan fingerprint density at radius 3 is 2.87 bits per heavy atom. The molecule has 4 nitrogen and oxygen atoms in total. The minimum Gasteiger partial charge on any atom is -0.329 e. The van der Waals surface area contributed by atoms with Gasteiger partial charge in [0.1, 0.15) is 0 Å². The number of aromatic nitrogens is 1. The summed E-state index contributed by atoms with van der Waals surface area (Å²) in [4.78, 5) is 16.1. The van der Waals surface area contributed by atoms with E-state index in [9.17, 15) is 4.79 Å². The molecule has 1 aromatic rings. The molecule has 0 bridgehead atoms. The number of rotatable bonds is 3. The lowest BCUT2D eigenvalue weighted by Crippen LogP contribution is -2.44. The van der Waals surface area contributed by atoms with Crippen molar-refractivity contribution < 1.29 is 0 Å². The van der Waals surface area contributed by atoms with E-state index in [2.05, 4.69) is 15.2 Å². The minimum atomic E-state index is -0.00666. The highest BCUT2D eigenvalue weighted by atomic mass is 16.1. The Labute approximate surface area is 89.3 Å². The van der Waals surface area contributed by atoms with E-state index in [1.54, 1.807) is 12.3 Å². The normalized spacial score (nSPS) is 17.9. The molecule has 0 aromatic carbocycles. The number of aromatic amines is 1. The molecule has 0 atom stereocenters.